The number of hydrogen-bond donors (Lipinski definition) is 3. The lowest BCUT2D eigenvalue weighted by Crippen LogP contribution is -2.50. The molecule has 11 heteroatoms. The Kier molecular flexibility index (Phi) is 4.40. The van der Waals surface area contributed by atoms with Crippen molar-refractivity contribution in [2.24, 2.45) is 0 Å². The number of aromatic nitrogens is 4. The summed E-state index contributed by atoms with van der Waals surface area (Å²) in [5.74, 6) is -1.99. The first kappa shape index (κ1) is 19.1. The molecular weight excluding hydrogens is 410 g/mol. The highest BCUT2D eigenvalue weighted by atomic mass is 19.2. The van der Waals surface area contributed by atoms with Crippen molar-refractivity contribution in [3.8, 4) is 11.3 Å². The van der Waals surface area contributed by atoms with E-state index in [1.165, 1.54) is 0 Å². The third kappa shape index (κ3) is 3.48. The van der Waals surface area contributed by atoms with Crippen molar-refractivity contribution in [1.29, 1.82) is 0 Å². The van der Waals surface area contributed by atoms with Crippen molar-refractivity contribution >= 4 is 33.8 Å². The average molecular weight is 426 g/mol. The Labute approximate surface area is 173 Å². The summed E-state index contributed by atoms with van der Waals surface area (Å²) in [6.07, 6.45) is -0.756. The molecule has 4 aromatic rings. The van der Waals surface area contributed by atoms with Gasteiger partial charge in [0.1, 0.15) is 6.10 Å². The highest BCUT2D eigenvalue weighted by molar-refractivity contribution is 5.96. The summed E-state index contributed by atoms with van der Waals surface area (Å²) < 4.78 is 32.7. The zero-order valence-corrected chi connectivity index (χ0v) is 16.2. The molecule has 2 aromatic heterocycles. The number of likely N-dealkylation sites (N-methyl/N-ethyl adjacent to an activating group) is 1. The van der Waals surface area contributed by atoms with E-state index in [9.17, 15) is 18.4 Å². The van der Waals surface area contributed by atoms with Gasteiger partial charge in [-0.25, -0.2) is 23.7 Å². The highest BCUT2D eigenvalue weighted by Gasteiger charge is 2.27. The van der Waals surface area contributed by atoms with Crippen LogP contribution in [0.25, 0.3) is 33.1 Å². The fourth-order valence-electron chi connectivity index (χ4n) is 3.59. The minimum absolute atomic E-state index is 0.0136. The molecule has 0 radical (unpaired) electrons. The summed E-state index contributed by atoms with van der Waals surface area (Å²) in [6.45, 7) is 1.36. The van der Waals surface area contributed by atoms with Crippen molar-refractivity contribution in [2.45, 2.75) is 6.10 Å². The third-order valence-corrected chi connectivity index (χ3v) is 5.11. The Balaban J connectivity index is 1.47. The summed E-state index contributed by atoms with van der Waals surface area (Å²) in [5.41, 5.74) is 1.32. The lowest BCUT2D eigenvalue weighted by molar-refractivity contribution is 0.00677. The van der Waals surface area contributed by atoms with Gasteiger partial charge >= 0.3 is 6.09 Å². The van der Waals surface area contributed by atoms with Crippen LogP contribution in [0.2, 0.25) is 0 Å². The van der Waals surface area contributed by atoms with Gasteiger partial charge in [0, 0.05) is 24.0 Å². The molecule has 9 nitrogen and oxygen atoms in total. The number of amides is 1. The molecule has 1 aliphatic rings. The highest BCUT2D eigenvalue weighted by Crippen LogP contribution is 2.28. The SMILES string of the molecule is CN1CC(OC(=O)Nc2nc3ccc(-c4n[nH]c(=O)c5cc(F)c(F)cc45)cc3[nH]2)C1. The van der Waals surface area contributed by atoms with E-state index in [-0.39, 0.29) is 28.5 Å². The van der Waals surface area contributed by atoms with Crippen LogP contribution in [0, 0.1) is 11.6 Å². The monoisotopic (exact) mass is 426 g/mol. The molecule has 158 valence electrons. The van der Waals surface area contributed by atoms with E-state index >= 15 is 0 Å². The molecule has 2 aromatic carbocycles. The van der Waals surface area contributed by atoms with E-state index in [2.05, 4.69) is 25.5 Å². The molecule has 3 N–H and O–H groups in total. The average Bonchev–Trinajstić information content (AvgIpc) is 3.10. The van der Waals surface area contributed by atoms with Crippen LogP contribution in [-0.4, -0.2) is 57.4 Å². The number of nitrogens with zero attached hydrogens (tertiary/aromatic N) is 3. The number of imidazole rings is 1. The number of fused-ring (bicyclic) bond motifs is 2. The molecule has 0 spiro atoms. The van der Waals surface area contributed by atoms with E-state index in [1.807, 2.05) is 11.9 Å². The number of nitrogens with one attached hydrogen (secondary N) is 3. The zero-order chi connectivity index (χ0) is 21.7. The van der Waals surface area contributed by atoms with Gasteiger partial charge in [0.05, 0.1) is 22.1 Å². The number of aromatic amines is 2. The van der Waals surface area contributed by atoms with Crippen LogP contribution in [0.1, 0.15) is 0 Å². The van der Waals surface area contributed by atoms with Crippen molar-refractivity contribution < 1.29 is 18.3 Å². The summed E-state index contributed by atoms with van der Waals surface area (Å²) in [4.78, 5) is 33.3. The van der Waals surface area contributed by atoms with E-state index in [1.54, 1.807) is 18.2 Å². The number of anilines is 1. The van der Waals surface area contributed by atoms with Crippen LogP contribution in [0.5, 0.6) is 0 Å². The molecule has 31 heavy (non-hydrogen) atoms. The number of hydrogen-bond acceptors (Lipinski definition) is 6. The minimum Gasteiger partial charge on any atom is -0.443 e. The standard InChI is InChI=1S/C20H16F2N6O3/c1-28-7-10(8-28)31-20(30)25-19-23-15-3-2-9(4-16(15)24-19)17-11-5-13(21)14(22)6-12(11)18(29)27-26-17/h2-6,10H,7-8H2,1H3,(H,27,29)(H2,23,24,25,30). The zero-order valence-electron chi connectivity index (χ0n) is 16.2. The Morgan fingerprint density at radius 2 is 1.94 bits per heavy atom. The second-order valence-corrected chi connectivity index (χ2v) is 7.40. The Hall–Kier alpha value is -3.86. The minimum atomic E-state index is -1.12. The molecule has 0 unspecified atom stereocenters. The fraction of sp³-hybridized carbons (Fsp3) is 0.200. The van der Waals surface area contributed by atoms with E-state index in [0.717, 1.165) is 12.1 Å². The lowest BCUT2D eigenvalue weighted by Gasteiger charge is -2.34. The van der Waals surface area contributed by atoms with Crippen LogP contribution in [0.4, 0.5) is 19.5 Å². The van der Waals surface area contributed by atoms with Gasteiger partial charge in [-0.3, -0.25) is 15.0 Å². The Bertz CT molecular complexity index is 1390. The first-order chi connectivity index (χ1) is 14.9. The van der Waals surface area contributed by atoms with Crippen LogP contribution < -0.4 is 10.9 Å². The first-order valence-corrected chi connectivity index (χ1v) is 9.41. The molecule has 0 aliphatic carbocycles. The number of rotatable bonds is 3. The molecular formula is C20H16F2N6O3. The predicted octanol–water partition coefficient (Wildman–Crippen LogP) is 2.61. The molecule has 0 atom stereocenters. The third-order valence-electron chi connectivity index (χ3n) is 5.11. The predicted molar refractivity (Wildman–Crippen MR) is 109 cm³/mol. The molecule has 1 aliphatic heterocycles. The van der Waals surface area contributed by atoms with Gasteiger partial charge < -0.3 is 9.72 Å². The number of ether oxygens (including phenoxy) is 1. The van der Waals surface area contributed by atoms with E-state index in [0.29, 0.717) is 29.7 Å². The van der Waals surface area contributed by atoms with E-state index in [4.69, 9.17) is 4.74 Å². The molecule has 0 saturated carbocycles. The van der Waals surface area contributed by atoms with Crippen LogP contribution >= 0.6 is 0 Å². The van der Waals surface area contributed by atoms with Crippen LogP contribution in [0.15, 0.2) is 35.1 Å². The van der Waals surface area contributed by atoms with Gasteiger partial charge in [-0.1, -0.05) is 6.07 Å². The Morgan fingerprint density at radius 3 is 2.68 bits per heavy atom. The normalized spacial score (nSPS) is 14.7. The molecule has 3 heterocycles. The van der Waals surface area contributed by atoms with Gasteiger partial charge in [-0.05, 0) is 31.3 Å². The molecule has 1 fully saturated rings. The van der Waals surface area contributed by atoms with Crippen molar-refractivity contribution in [2.75, 3.05) is 25.5 Å². The summed E-state index contributed by atoms with van der Waals surface area (Å²) in [6, 6.07) is 6.83. The quantitative estimate of drug-likeness (QED) is 0.464. The van der Waals surface area contributed by atoms with Crippen molar-refractivity contribution in [3.63, 3.8) is 0 Å². The number of halogens is 2. The van der Waals surface area contributed by atoms with Crippen LogP contribution in [0.3, 0.4) is 0 Å². The first-order valence-electron chi connectivity index (χ1n) is 9.41. The second-order valence-electron chi connectivity index (χ2n) is 7.40. The van der Waals surface area contributed by atoms with E-state index < -0.39 is 23.3 Å². The summed E-state index contributed by atoms with van der Waals surface area (Å²) in [7, 11) is 1.93. The maximum atomic E-state index is 13.8. The molecule has 0 bridgehead atoms. The fourth-order valence-corrected chi connectivity index (χ4v) is 3.59. The topological polar surface area (TPSA) is 116 Å². The smallest absolute Gasteiger partial charge is 0.414 e. The Morgan fingerprint density at radius 1 is 1.19 bits per heavy atom. The number of H-pyrrole nitrogens is 2. The van der Waals surface area contributed by atoms with Gasteiger partial charge in [0.2, 0.25) is 5.95 Å². The number of benzene rings is 2. The number of carbonyl (C=O) groups excluding carboxylic acids is 1. The maximum absolute atomic E-state index is 13.8. The lowest BCUT2D eigenvalue weighted by atomic mass is 10.0. The molecule has 5 rings (SSSR count). The summed E-state index contributed by atoms with van der Waals surface area (Å²) >= 11 is 0. The van der Waals surface area contributed by atoms with Crippen LogP contribution in [-0.2, 0) is 4.74 Å². The van der Waals surface area contributed by atoms with Crippen molar-refractivity contribution in [1.82, 2.24) is 25.1 Å². The van der Waals surface area contributed by atoms with Crippen molar-refractivity contribution in [3.05, 3.63) is 52.3 Å². The summed E-state index contributed by atoms with van der Waals surface area (Å²) in [5, 5.41) is 9.03. The largest absolute Gasteiger partial charge is 0.443 e. The van der Waals surface area contributed by atoms with Gasteiger partial charge in [-0.15, -0.1) is 0 Å². The number of carbonyl (C=O) groups is 1. The van der Waals surface area contributed by atoms with Gasteiger partial charge in [0.15, 0.2) is 11.6 Å². The molecule has 1 saturated heterocycles. The van der Waals surface area contributed by atoms with Gasteiger partial charge in [0.25, 0.3) is 5.56 Å². The maximum Gasteiger partial charge on any atom is 0.414 e. The molecule has 1 amide bonds. The second kappa shape index (κ2) is 7.13. The number of likely N-dealkylation sites (tertiary alicyclic amines) is 1. The van der Waals surface area contributed by atoms with Gasteiger partial charge in [-0.2, -0.15) is 5.10 Å².